The molecule has 0 atom stereocenters. The number of aromatic amines is 2. The van der Waals surface area contributed by atoms with Crippen LogP contribution in [0.3, 0.4) is 0 Å². The normalized spacial score (nSPS) is 15.0. The van der Waals surface area contributed by atoms with E-state index in [-0.39, 0.29) is 0 Å². The van der Waals surface area contributed by atoms with Crippen LogP contribution in [0.1, 0.15) is 13.8 Å². The van der Waals surface area contributed by atoms with Gasteiger partial charge in [0.2, 0.25) is 11.8 Å². The number of nitrogens with zero attached hydrogens (tertiary/aromatic N) is 9. The molecule has 0 bridgehead atoms. The van der Waals surface area contributed by atoms with Crippen molar-refractivity contribution in [1.82, 2.24) is 50.1 Å². The molecule has 2 aliphatic rings. The maximum Gasteiger partial charge on any atom is 0.319 e. The van der Waals surface area contributed by atoms with Crippen LogP contribution in [0.25, 0.3) is 66.1 Å². The molecule has 290 valence electrons. The van der Waals surface area contributed by atoms with E-state index in [1.807, 2.05) is 62.9 Å². The van der Waals surface area contributed by atoms with Crippen molar-refractivity contribution in [3.8, 4) is 34.1 Å². The van der Waals surface area contributed by atoms with E-state index in [0.717, 1.165) is 130 Å². The van der Waals surface area contributed by atoms with Crippen molar-refractivity contribution >= 4 is 55.6 Å². The van der Waals surface area contributed by atoms with Gasteiger partial charge in [-0.15, -0.1) is 0 Å². The molecule has 0 saturated carbocycles. The zero-order valence-corrected chi connectivity index (χ0v) is 32.5. The number of pyridine rings is 2. The SMILES string of the molecule is CCOc1nc(N2CCN(C)CC2)nc2c1[nH]c1cc(-c3ccncc3)ccc12.CCOc1nc(N2CCNCC2)c2[nH]c3cc(-c4ccncc4)ccc3c2n1. The molecule has 57 heavy (non-hydrogen) atoms. The number of anilines is 2. The van der Waals surface area contributed by atoms with Gasteiger partial charge in [-0.05, 0) is 79.5 Å². The van der Waals surface area contributed by atoms with E-state index in [2.05, 4.69) is 83.4 Å². The van der Waals surface area contributed by atoms with Crippen molar-refractivity contribution in [2.24, 2.45) is 0 Å². The lowest BCUT2D eigenvalue weighted by atomic mass is 10.1. The van der Waals surface area contributed by atoms with E-state index >= 15 is 0 Å². The fourth-order valence-electron chi connectivity index (χ4n) is 7.59. The zero-order chi connectivity index (χ0) is 38.7. The molecule has 0 aliphatic carbocycles. The standard InChI is InChI=1S/C22H24N6O.C21H22N6O/c1-3-29-21-20-19(25-22(26-21)28-12-10-27(2)11-13-28)17-5-4-16(14-18(17)24-20)15-6-8-23-9-7-15;1-2-28-21-25-18-16-4-3-15(14-5-7-22-8-6-14)13-17(16)24-19(18)20(26-21)27-11-9-23-10-12-27/h4-9,14,24H,3,10-13H2,1-2H3;3-8,13,23-24H,2,9-12H2,1H3. The van der Waals surface area contributed by atoms with Gasteiger partial charge in [-0.2, -0.15) is 15.0 Å². The highest BCUT2D eigenvalue weighted by molar-refractivity contribution is 6.10. The second-order valence-electron chi connectivity index (χ2n) is 14.2. The van der Waals surface area contributed by atoms with Gasteiger partial charge in [0.15, 0.2) is 5.82 Å². The molecular weight excluding hydrogens is 717 g/mol. The molecule has 2 fully saturated rings. The van der Waals surface area contributed by atoms with Crippen LogP contribution in [-0.4, -0.2) is 117 Å². The first kappa shape index (κ1) is 36.3. The molecule has 14 heteroatoms. The highest BCUT2D eigenvalue weighted by Gasteiger charge is 2.23. The number of ether oxygens (including phenoxy) is 2. The fraction of sp³-hybridized carbons (Fsp3) is 0.302. The average molecular weight is 763 g/mol. The van der Waals surface area contributed by atoms with E-state index < -0.39 is 0 Å². The van der Waals surface area contributed by atoms with Crippen molar-refractivity contribution in [1.29, 1.82) is 0 Å². The van der Waals surface area contributed by atoms with Crippen LogP contribution in [0.4, 0.5) is 11.8 Å². The minimum Gasteiger partial charge on any atom is -0.476 e. The summed E-state index contributed by atoms with van der Waals surface area (Å²) in [5.41, 5.74) is 10.3. The maximum atomic E-state index is 5.89. The summed E-state index contributed by atoms with van der Waals surface area (Å²) >= 11 is 0. The Labute approximate surface area is 330 Å². The lowest BCUT2D eigenvalue weighted by Gasteiger charge is -2.32. The number of fused-ring (bicyclic) bond motifs is 6. The van der Waals surface area contributed by atoms with Gasteiger partial charge >= 0.3 is 6.01 Å². The monoisotopic (exact) mass is 762 g/mol. The Bertz CT molecular complexity index is 2630. The zero-order valence-electron chi connectivity index (χ0n) is 32.5. The number of nitrogens with one attached hydrogen (secondary N) is 3. The van der Waals surface area contributed by atoms with Crippen molar-refractivity contribution in [3.63, 3.8) is 0 Å². The number of rotatable bonds is 8. The molecule has 0 amide bonds. The average Bonchev–Trinajstić information content (AvgIpc) is 3.83. The van der Waals surface area contributed by atoms with Crippen molar-refractivity contribution in [2.75, 3.05) is 82.4 Å². The quantitative estimate of drug-likeness (QED) is 0.159. The van der Waals surface area contributed by atoms with Crippen LogP contribution in [0, 0.1) is 0 Å². The number of likely N-dealkylation sites (N-methyl/N-ethyl adjacent to an activating group) is 1. The molecule has 0 unspecified atom stereocenters. The van der Waals surface area contributed by atoms with Gasteiger partial charge in [-0.3, -0.25) is 9.97 Å². The summed E-state index contributed by atoms with van der Waals surface area (Å²) in [6, 6.07) is 21.3. The van der Waals surface area contributed by atoms with Crippen molar-refractivity contribution in [2.45, 2.75) is 13.8 Å². The topological polar surface area (TPSA) is 149 Å². The van der Waals surface area contributed by atoms with Gasteiger partial charge in [-0.25, -0.2) is 4.98 Å². The third-order valence-corrected chi connectivity index (χ3v) is 10.6. The first-order chi connectivity index (χ1) is 28.1. The molecule has 8 heterocycles. The van der Waals surface area contributed by atoms with Crippen LogP contribution >= 0.6 is 0 Å². The Morgan fingerprint density at radius 2 is 1.16 bits per heavy atom. The lowest BCUT2D eigenvalue weighted by molar-refractivity contribution is 0.308. The van der Waals surface area contributed by atoms with Crippen LogP contribution in [-0.2, 0) is 0 Å². The van der Waals surface area contributed by atoms with Crippen LogP contribution in [0.5, 0.6) is 11.9 Å². The highest BCUT2D eigenvalue weighted by Crippen LogP contribution is 2.35. The van der Waals surface area contributed by atoms with Crippen LogP contribution < -0.4 is 24.6 Å². The van der Waals surface area contributed by atoms with Crippen molar-refractivity contribution < 1.29 is 9.47 Å². The second-order valence-corrected chi connectivity index (χ2v) is 14.2. The summed E-state index contributed by atoms with van der Waals surface area (Å²) in [4.78, 5) is 41.2. The highest BCUT2D eigenvalue weighted by atomic mass is 16.5. The largest absolute Gasteiger partial charge is 0.476 e. The third-order valence-electron chi connectivity index (χ3n) is 10.6. The van der Waals surface area contributed by atoms with E-state index in [9.17, 15) is 0 Å². The molecule has 2 saturated heterocycles. The number of benzene rings is 2. The molecule has 14 nitrogen and oxygen atoms in total. The summed E-state index contributed by atoms with van der Waals surface area (Å²) in [5, 5.41) is 5.55. The third kappa shape index (κ3) is 7.36. The minimum atomic E-state index is 0.433. The smallest absolute Gasteiger partial charge is 0.319 e. The first-order valence-corrected chi connectivity index (χ1v) is 19.7. The second kappa shape index (κ2) is 16.0. The van der Waals surface area contributed by atoms with Gasteiger partial charge in [0, 0.05) is 99.0 Å². The Morgan fingerprint density at radius 1 is 0.579 bits per heavy atom. The number of piperazine rings is 2. The number of hydrogen-bond donors (Lipinski definition) is 3. The minimum absolute atomic E-state index is 0.433. The summed E-state index contributed by atoms with van der Waals surface area (Å²) in [5.74, 6) is 2.28. The number of aromatic nitrogens is 8. The number of H-pyrrole nitrogens is 2. The van der Waals surface area contributed by atoms with Gasteiger partial charge in [-0.1, -0.05) is 24.3 Å². The lowest BCUT2D eigenvalue weighted by Crippen LogP contribution is -2.45. The molecule has 2 aliphatic heterocycles. The van der Waals surface area contributed by atoms with Crippen LogP contribution in [0.15, 0.2) is 85.5 Å². The Hall–Kier alpha value is -6.38. The summed E-state index contributed by atoms with van der Waals surface area (Å²) < 4.78 is 11.6. The first-order valence-electron chi connectivity index (χ1n) is 19.7. The summed E-state index contributed by atoms with van der Waals surface area (Å²) in [6.07, 6.45) is 7.25. The van der Waals surface area contributed by atoms with E-state index in [1.165, 1.54) is 0 Å². The molecule has 3 N–H and O–H groups in total. The maximum absolute atomic E-state index is 5.89. The number of hydrogen-bond acceptors (Lipinski definition) is 12. The molecule has 0 radical (unpaired) electrons. The van der Waals surface area contributed by atoms with Gasteiger partial charge < -0.3 is 39.5 Å². The molecule has 0 spiro atoms. The summed E-state index contributed by atoms with van der Waals surface area (Å²) in [7, 11) is 2.15. The van der Waals surface area contributed by atoms with Crippen molar-refractivity contribution in [3.05, 3.63) is 85.5 Å². The van der Waals surface area contributed by atoms with Crippen LogP contribution in [0.2, 0.25) is 0 Å². The van der Waals surface area contributed by atoms with Gasteiger partial charge in [0.25, 0.3) is 0 Å². The van der Waals surface area contributed by atoms with E-state index in [1.54, 1.807) is 0 Å². The molecule has 6 aromatic heterocycles. The molecule has 8 aromatic rings. The molecular formula is C43H46N12O2. The van der Waals surface area contributed by atoms with Gasteiger partial charge in [0.05, 0.1) is 13.2 Å². The summed E-state index contributed by atoms with van der Waals surface area (Å²) in [6.45, 7) is 12.6. The predicted molar refractivity (Wildman–Crippen MR) is 226 cm³/mol. The molecule has 10 rings (SSSR count). The van der Waals surface area contributed by atoms with E-state index in [4.69, 9.17) is 29.4 Å². The predicted octanol–water partition coefficient (Wildman–Crippen LogP) is 6.31. The van der Waals surface area contributed by atoms with Gasteiger partial charge in [0.1, 0.15) is 22.1 Å². The van der Waals surface area contributed by atoms with E-state index in [0.29, 0.717) is 25.1 Å². The fourth-order valence-corrected chi connectivity index (χ4v) is 7.59. The Balaban J connectivity index is 0.000000148. The molecule has 2 aromatic carbocycles. The Morgan fingerprint density at radius 3 is 1.75 bits per heavy atom. The Kier molecular flexibility index (Phi) is 10.2.